The third-order valence-electron chi connectivity index (χ3n) is 9.23. The summed E-state index contributed by atoms with van der Waals surface area (Å²) in [7, 11) is 4.94. The zero-order valence-corrected chi connectivity index (χ0v) is 31.0. The molecule has 0 N–H and O–H groups in total. The van der Waals surface area contributed by atoms with Crippen molar-refractivity contribution in [3.63, 3.8) is 0 Å². The van der Waals surface area contributed by atoms with E-state index in [1.54, 1.807) is 6.26 Å². The fourth-order valence-corrected chi connectivity index (χ4v) is 6.29. The van der Waals surface area contributed by atoms with Crippen LogP contribution in [0, 0.1) is 0 Å². The molecule has 0 aromatic heterocycles. The summed E-state index contributed by atoms with van der Waals surface area (Å²) < 4.78 is 1.25. The van der Waals surface area contributed by atoms with Crippen molar-refractivity contribution >= 4 is 12.6 Å². The second kappa shape index (κ2) is 38.3. The molecule has 0 aliphatic carbocycles. The Balaban J connectivity index is 0. The predicted octanol–water partition coefficient (Wildman–Crippen LogP) is 13.2. The molecule has 2 heteroatoms. The summed E-state index contributed by atoms with van der Waals surface area (Å²) in [5.74, 6) is 0. The second-order valence-corrected chi connectivity index (χ2v) is 14.0. The highest BCUT2D eigenvalue weighted by atomic mass is 32.1. The van der Waals surface area contributed by atoms with Gasteiger partial charge < -0.3 is 4.48 Å². The molecule has 41 heavy (non-hydrogen) atoms. The third-order valence-corrected chi connectivity index (χ3v) is 9.23. The lowest BCUT2D eigenvalue weighted by Crippen LogP contribution is -2.41. The van der Waals surface area contributed by atoms with Crippen LogP contribution in [0.2, 0.25) is 0 Å². The number of rotatable bonds is 34. The molecule has 0 aliphatic rings. The first-order chi connectivity index (χ1) is 20.1. The Morgan fingerprint density at radius 2 is 0.415 bits per heavy atom. The molecule has 0 unspecified atom stereocenters. The van der Waals surface area contributed by atoms with Crippen molar-refractivity contribution < 1.29 is 4.48 Å². The van der Waals surface area contributed by atoms with E-state index in [0.29, 0.717) is 0 Å². The van der Waals surface area contributed by atoms with E-state index >= 15 is 0 Å². The van der Waals surface area contributed by atoms with Crippen LogP contribution in [0.3, 0.4) is 0 Å². The monoisotopic (exact) mass is 600 g/mol. The number of nitrogens with zero attached hydrogens (tertiary/aromatic N) is 1. The van der Waals surface area contributed by atoms with Gasteiger partial charge in [-0.05, 0) is 38.3 Å². The number of hydrogen-bond acceptors (Lipinski definition) is 0. The van der Waals surface area contributed by atoms with Crippen molar-refractivity contribution in [2.24, 2.45) is 0 Å². The van der Waals surface area contributed by atoms with Gasteiger partial charge in [0.05, 0.1) is 33.4 Å². The topological polar surface area (TPSA) is 0 Å². The van der Waals surface area contributed by atoms with Gasteiger partial charge in [0.15, 0.2) is 0 Å². The third kappa shape index (κ3) is 40.3. The van der Waals surface area contributed by atoms with E-state index in [1.807, 2.05) is 0 Å². The second-order valence-electron chi connectivity index (χ2n) is 14.0. The van der Waals surface area contributed by atoms with E-state index in [4.69, 9.17) is 0 Å². The standard InChI is InChI=1S/C38H80N.CH4S/c1-5-7-9-11-13-15-17-19-21-23-25-27-29-31-33-35-37-39(3,4)38-36-34-32-30-28-26-24-22-20-18-16-14-12-10-8-6-2;1-2/h5-38H2,1-4H3;2H,1H3/q+1;/p+1. The normalized spacial score (nSPS) is 11.6. The van der Waals surface area contributed by atoms with Gasteiger partial charge in [-0.25, -0.2) is 0 Å². The summed E-state index contributed by atoms with van der Waals surface area (Å²) in [5.41, 5.74) is 0. The minimum Gasteiger partial charge on any atom is -0.328 e. The fraction of sp³-hybridized carbons (Fsp3) is 1.00. The zero-order valence-electron chi connectivity index (χ0n) is 30.0. The van der Waals surface area contributed by atoms with Crippen molar-refractivity contribution in [3.05, 3.63) is 0 Å². The summed E-state index contributed by atoms with van der Waals surface area (Å²) in [6.07, 6.45) is 48.7. The van der Waals surface area contributed by atoms with Crippen molar-refractivity contribution in [3.8, 4) is 0 Å². The van der Waals surface area contributed by atoms with Crippen molar-refractivity contribution in [2.45, 2.75) is 219 Å². The largest absolute Gasteiger partial charge is 0.328 e. The molecule has 0 spiro atoms. The van der Waals surface area contributed by atoms with E-state index in [2.05, 4.69) is 40.6 Å². The van der Waals surface area contributed by atoms with E-state index in [0.717, 1.165) is 0 Å². The minimum atomic E-state index is 1.25. The Morgan fingerprint density at radius 1 is 0.268 bits per heavy atom. The lowest BCUT2D eigenvalue weighted by Gasteiger charge is -2.30. The SMILES string of the molecule is CCCCCCCCCCCCCCCCCC[N+](C)(C)CCCCCCCCCCCCCCCCCC.C[SH2+]. The number of unbranched alkanes of at least 4 members (excludes halogenated alkanes) is 30. The fourth-order valence-electron chi connectivity index (χ4n) is 6.29. The van der Waals surface area contributed by atoms with Gasteiger partial charge in [-0.3, -0.25) is 0 Å². The Labute approximate surface area is 269 Å². The van der Waals surface area contributed by atoms with Crippen LogP contribution in [-0.4, -0.2) is 37.9 Å². The molecule has 0 heterocycles. The Morgan fingerprint density at radius 3 is 0.585 bits per heavy atom. The maximum absolute atomic E-state index is 2.97. The van der Waals surface area contributed by atoms with Gasteiger partial charge in [0.2, 0.25) is 0 Å². The van der Waals surface area contributed by atoms with E-state index in [9.17, 15) is 0 Å². The van der Waals surface area contributed by atoms with Crippen LogP contribution in [0.5, 0.6) is 0 Å². The predicted molar refractivity (Wildman–Crippen MR) is 197 cm³/mol. The van der Waals surface area contributed by atoms with Crippen LogP contribution in [-0.2, 0) is 12.6 Å². The maximum atomic E-state index is 2.97. The maximum Gasteiger partial charge on any atom is 0.0929 e. The molecule has 0 amide bonds. The summed E-state index contributed by atoms with van der Waals surface area (Å²) in [5, 5.41) is 0. The molecular weight excluding hydrogens is 515 g/mol. The Hall–Kier alpha value is 0.310. The van der Waals surface area contributed by atoms with E-state index in [-0.39, 0.29) is 0 Å². The first-order valence-corrected chi connectivity index (χ1v) is 20.4. The molecule has 0 aromatic carbocycles. The molecule has 0 radical (unpaired) electrons. The molecule has 0 saturated heterocycles. The number of hydrogen-bond donors (Lipinski definition) is 0. The lowest BCUT2D eigenvalue weighted by atomic mass is 10.0. The average molecular weight is 600 g/mol. The molecular formula is C39H85NS+2. The molecule has 1 nitrogen and oxygen atoms in total. The van der Waals surface area contributed by atoms with Gasteiger partial charge in [0.25, 0.3) is 0 Å². The van der Waals surface area contributed by atoms with Gasteiger partial charge >= 0.3 is 0 Å². The minimum absolute atomic E-state index is 1.25. The van der Waals surface area contributed by atoms with Crippen molar-refractivity contribution in [2.75, 3.05) is 33.4 Å². The summed E-state index contributed by atoms with van der Waals surface area (Å²) >= 11 is 2.97. The molecule has 0 bridgehead atoms. The highest BCUT2D eigenvalue weighted by molar-refractivity contribution is 7.57. The van der Waals surface area contributed by atoms with Crippen LogP contribution >= 0.6 is 0 Å². The molecule has 250 valence electrons. The quantitative estimate of drug-likeness (QED) is 0.0392. The van der Waals surface area contributed by atoms with Crippen LogP contribution in [0.15, 0.2) is 0 Å². The summed E-state index contributed by atoms with van der Waals surface area (Å²) in [6, 6.07) is 0. The lowest BCUT2D eigenvalue weighted by molar-refractivity contribution is -0.890. The van der Waals surface area contributed by atoms with Gasteiger partial charge in [-0.1, -0.05) is 194 Å². The van der Waals surface area contributed by atoms with Crippen LogP contribution in [0.1, 0.15) is 219 Å². The molecule has 0 saturated carbocycles. The first kappa shape index (κ1) is 43.4. The highest BCUT2D eigenvalue weighted by Crippen LogP contribution is 2.16. The molecule has 0 atom stereocenters. The smallest absolute Gasteiger partial charge is 0.0929 e. The summed E-state index contributed by atoms with van der Waals surface area (Å²) in [4.78, 5) is 0. The van der Waals surface area contributed by atoms with Crippen LogP contribution in [0.25, 0.3) is 0 Å². The van der Waals surface area contributed by atoms with Gasteiger partial charge in [-0.15, -0.1) is 0 Å². The van der Waals surface area contributed by atoms with Crippen LogP contribution in [0.4, 0.5) is 0 Å². The zero-order chi connectivity index (χ0) is 30.5. The average Bonchev–Trinajstić information content (AvgIpc) is 2.97. The van der Waals surface area contributed by atoms with E-state index < -0.39 is 0 Å². The first-order valence-electron chi connectivity index (χ1n) is 19.4. The van der Waals surface area contributed by atoms with Crippen molar-refractivity contribution in [1.82, 2.24) is 0 Å². The van der Waals surface area contributed by atoms with Gasteiger partial charge in [0, 0.05) is 0 Å². The number of quaternary nitrogens is 1. The summed E-state index contributed by atoms with van der Waals surface area (Å²) in [6.45, 7) is 7.39. The van der Waals surface area contributed by atoms with Gasteiger partial charge in [0.1, 0.15) is 0 Å². The molecule has 0 rings (SSSR count). The highest BCUT2D eigenvalue weighted by Gasteiger charge is 2.13. The van der Waals surface area contributed by atoms with Crippen molar-refractivity contribution in [1.29, 1.82) is 0 Å². The molecule has 0 fully saturated rings. The van der Waals surface area contributed by atoms with E-state index in [1.165, 1.54) is 223 Å². The Bertz CT molecular complexity index is 397. The molecule has 0 aromatic rings. The Kier molecular flexibility index (Phi) is 40.6. The van der Waals surface area contributed by atoms with Crippen LogP contribution < -0.4 is 0 Å². The molecule has 0 aliphatic heterocycles. The van der Waals surface area contributed by atoms with Gasteiger partial charge in [-0.2, -0.15) is 0 Å².